The molecule has 0 N–H and O–H groups in total. The highest BCUT2D eigenvalue weighted by molar-refractivity contribution is 5.40. The predicted octanol–water partition coefficient (Wildman–Crippen LogP) is 2.19. The van der Waals surface area contributed by atoms with Crippen molar-refractivity contribution in [1.29, 1.82) is 0 Å². The van der Waals surface area contributed by atoms with Gasteiger partial charge < -0.3 is 9.47 Å². The van der Waals surface area contributed by atoms with E-state index in [4.69, 9.17) is 9.47 Å². The third kappa shape index (κ3) is 2.47. The molecule has 0 aliphatic rings. The van der Waals surface area contributed by atoms with Crippen LogP contribution in [0.5, 0.6) is 11.5 Å². The van der Waals surface area contributed by atoms with Crippen molar-refractivity contribution in [1.82, 2.24) is 9.78 Å². The van der Waals surface area contributed by atoms with Gasteiger partial charge in [0.2, 0.25) is 5.75 Å². The molecule has 0 aliphatic carbocycles. The minimum atomic E-state index is -2.62. The molecule has 0 amide bonds. The minimum Gasteiger partial charge on any atom is -0.491 e. The van der Waals surface area contributed by atoms with E-state index in [2.05, 4.69) is 5.10 Å². The first-order chi connectivity index (χ1) is 9.58. The van der Waals surface area contributed by atoms with E-state index in [9.17, 15) is 13.6 Å². The van der Waals surface area contributed by atoms with Crippen molar-refractivity contribution in [2.75, 3.05) is 14.2 Å². The maximum Gasteiger partial charge on any atom is 0.317 e. The van der Waals surface area contributed by atoms with Crippen LogP contribution in [0.1, 0.15) is 12.0 Å². The van der Waals surface area contributed by atoms with E-state index in [1.54, 1.807) is 0 Å². The lowest BCUT2D eigenvalue weighted by Crippen LogP contribution is -2.22. The van der Waals surface area contributed by atoms with Crippen LogP contribution < -0.4 is 15.0 Å². The highest BCUT2D eigenvalue weighted by Crippen LogP contribution is 2.23. The number of benzene rings is 1. The Morgan fingerprint density at radius 3 is 2.60 bits per heavy atom. The maximum absolute atomic E-state index is 12.7. The largest absolute Gasteiger partial charge is 0.491 e. The van der Waals surface area contributed by atoms with Gasteiger partial charge >= 0.3 is 5.56 Å². The molecular weight excluding hydrogens is 270 g/mol. The quantitative estimate of drug-likeness (QED) is 0.862. The summed E-state index contributed by atoms with van der Waals surface area (Å²) < 4.78 is 36.2. The van der Waals surface area contributed by atoms with E-state index in [-0.39, 0.29) is 22.7 Å². The van der Waals surface area contributed by atoms with Gasteiger partial charge in [-0.1, -0.05) is 12.1 Å². The third-order valence-electron chi connectivity index (χ3n) is 2.69. The van der Waals surface area contributed by atoms with Crippen LogP contribution in [0.25, 0.3) is 5.69 Å². The number of alkyl halides is 2. The van der Waals surface area contributed by atoms with Gasteiger partial charge in [-0.25, -0.2) is 8.78 Å². The molecule has 0 spiro atoms. The second kappa shape index (κ2) is 5.68. The van der Waals surface area contributed by atoms with Crippen molar-refractivity contribution in [3.05, 3.63) is 46.4 Å². The second-order valence-electron chi connectivity index (χ2n) is 3.86. The predicted molar refractivity (Wildman–Crippen MR) is 67.9 cm³/mol. The zero-order valence-corrected chi connectivity index (χ0v) is 10.8. The molecule has 20 heavy (non-hydrogen) atoms. The van der Waals surface area contributed by atoms with Crippen LogP contribution in [0.4, 0.5) is 8.78 Å². The van der Waals surface area contributed by atoms with E-state index >= 15 is 0 Å². The van der Waals surface area contributed by atoms with Crippen LogP contribution in [0, 0.1) is 0 Å². The number of rotatable bonds is 4. The van der Waals surface area contributed by atoms with Gasteiger partial charge in [-0.05, 0) is 12.1 Å². The Kier molecular flexibility index (Phi) is 3.97. The van der Waals surface area contributed by atoms with Gasteiger partial charge in [0.05, 0.1) is 26.1 Å². The van der Waals surface area contributed by atoms with Crippen LogP contribution in [0.2, 0.25) is 0 Å². The number of methoxy groups -OCH3 is 2. The summed E-state index contributed by atoms with van der Waals surface area (Å²) in [6.45, 7) is 0. The van der Waals surface area contributed by atoms with Crippen molar-refractivity contribution in [3.8, 4) is 17.2 Å². The Balaban J connectivity index is 2.59. The Bertz CT molecular complexity index is 671. The van der Waals surface area contributed by atoms with Crippen molar-refractivity contribution in [2.45, 2.75) is 6.43 Å². The number of hydrogen-bond acceptors (Lipinski definition) is 4. The number of ether oxygens (including phenoxy) is 2. The molecule has 1 aromatic heterocycles. The Morgan fingerprint density at radius 2 is 2.00 bits per heavy atom. The zero-order chi connectivity index (χ0) is 14.7. The number of aromatic nitrogens is 2. The van der Waals surface area contributed by atoms with Gasteiger partial charge in [0.25, 0.3) is 6.43 Å². The van der Waals surface area contributed by atoms with Gasteiger partial charge in [0, 0.05) is 5.56 Å². The standard InChI is InChI=1S/C13H12F2N2O3/c1-19-10-7-16-17(13(18)11(10)20-2)9-5-3-4-8(6-9)12(14)15/h3-7,12H,1-2H3. The highest BCUT2D eigenvalue weighted by Gasteiger charge is 2.15. The second-order valence-corrected chi connectivity index (χ2v) is 3.86. The monoisotopic (exact) mass is 282 g/mol. The molecule has 0 radical (unpaired) electrons. The summed E-state index contributed by atoms with van der Waals surface area (Å²) in [6, 6.07) is 5.42. The molecule has 5 nitrogen and oxygen atoms in total. The molecule has 7 heteroatoms. The molecule has 1 aromatic carbocycles. The first kappa shape index (κ1) is 14.0. The number of hydrogen-bond donors (Lipinski definition) is 0. The van der Waals surface area contributed by atoms with Crippen LogP contribution in [0.15, 0.2) is 35.3 Å². The Morgan fingerprint density at radius 1 is 1.25 bits per heavy atom. The molecule has 0 unspecified atom stereocenters. The zero-order valence-electron chi connectivity index (χ0n) is 10.8. The van der Waals surface area contributed by atoms with Gasteiger partial charge in [0.15, 0.2) is 5.75 Å². The topological polar surface area (TPSA) is 53.4 Å². The Hall–Kier alpha value is -2.44. The molecule has 0 aliphatic heterocycles. The summed E-state index contributed by atoms with van der Waals surface area (Å²) in [6.07, 6.45) is -1.33. The summed E-state index contributed by atoms with van der Waals surface area (Å²) in [5.41, 5.74) is -0.544. The van der Waals surface area contributed by atoms with E-state index < -0.39 is 12.0 Å². The molecule has 2 aromatic rings. The third-order valence-corrected chi connectivity index (χ3v) is 2.69. The van der Waals surface area contributed by atoms with E-state index in [1.807, 2.05) is 0 Å². The molecule has 1 heterocycles. The summed E-state index contributed by atoms with van der Waals surface area (Å²) >= 11 is 0. The van der Waals surface area contributed by atoms with Gasteiger partial charge in [-0.15, -0.1) is 0 Å². The fourth-order valence-electron chi connectivity index (χ4n) is 1.73. The smallest absolute Gasteiger partial charge is 0.317 e. The summed E-state index contributed by atoms with van der Waals surface area (Å²) in [5, 5.41) is 3.88. The summed E-state index contributed by atoms with van der Waals surface area (Å²) in [7, 11) is 2.69. The number of nitrogens with zero attached hydrogens (tertiary/aromatic N) is 2. The minimum absolute atomic E-state index is 0.0371. The highest BCUT2D eigenvalue weighted by atomic mass is 19.3. The fraction of sp³-hybridized carbons (Fsp3) is 0.231. The van der Waals surface area contributed by atoms with Crippen molar-refractivity contribution in [2.24, 2.45) is 0 Å². The molecule has 0 saturated heterocycles. The summed E-state index contributed by atoms with van der Waals surface area (Å²) in [4.78, 5) is 12.2. The number of halogens is 2. The van der Waals surface area contributed by atoms with Gasteiger partial charge in [-0.2, -0.15) is 9.78 Å². The van der Waals surface area contributed by atoms with Gasteiger partial charge in [-0.3, -0.25) is 4.79 Å². The van der Waals surface area contributed by atoms with E-state index in [1.165, 1.54) is 44.7 Å². The molecule has 0 atom stereocenters. The maximum atomic E-state index is 12.7. The van der Waals surface area contributed by atoms with Crippen LogP contribution in [-0.2, 0) is 0 Å². The van der Waals surface area contributed by atoms with Crippen molar-refractivity contribution >= 4 is 0 Å². The molecular formula is C13H12F2N2O3. The molecule has 0 fully saturated rings. The molecule has 2 rings (SSSR count). The van der Waals surface area contributed by atoms with Crippen LogP contribution in [-0.4, -0.2) is 24.0 Å². The summed E-state index contributed by atoms with van der Waals surface area (Å²) in [5.74, 6) is 0.142. The van der Waals surface area contributed by atoms with Crippen LogP contribution >= 0.6 is 0 Å². The van der Waals surface area contributed by atoms with E-state index in [0.717, 1.165) is 4.68 Å². The lowest BCUT2D eigenvalue weighted by atomic mass is 10.2. The first-order valence-corrected chi connectivity index (χ1v) is 5.67. The lowest BCUT2D eigenvalue weighted by molar-refractivity contribution is 0.151. The molecule has 0 saturated carbocycles. The first-order valence-electron chi connectivity index (χ1n) is 5.67. The average Bonchev–Trinajstić information content (AvgIpc) is 2.46. The van der Waals surface area contributed by atoms with Crippen molar-refractivity contribution in [3.63, 3.8) is 0 Å². The van der Waals surface area contributed by atoms with E-state index in [0.29, 0.717) is 0 Å². The SMILES string of the molecule is COc1cnn(-c2cccc(C(F)F)c2)c(=O)c1OC. The normalized spacial score (nSPS) is 10.7. The van der Waals surface area contributed by atoms with Crippen LogP contribution in [0.3, 0.4) is 0 Å². The fourth-order valence-corrected chi connectivity index (χ4v) is 1.73. The van der Waals surface area contributed by atoms with Crippen molar-refractivity contribution < 1.29 is 18.3 Å². The average molecular weight is 282 g/mol. The molecule has 0 bridgehead atoms. The lowest BCUT2D eigenvalue weighted by Gasteiger charge is -2.10. The van der Waals surface area contributed by atoms with Gasteiger partial charge in [0.1, 0.15) is 0 Å². The molecule has 106 valence electrons. The Labute approximate surface area is 113 Å².